The minimum Gasteiger partial charge on any atom is -0.417 e. The van der Waals surface area contributed by atoms with E-state index in [0.29, 0.717) is 10.5 Å². The van der Waals surface area contributed by atoms with Crippen molar-refractivity contribution in [1.82, 2.24) is 0 Å². The lowest BCUT2D eigenvalue weighted by Crippen LogP contribution is -2.41. The largest absolute Gasteiger partial charge is 0.417 e. The van der Waals surface area contributed by atoms with Crippen molar-refractivity contribution < 1.29 is 4.43 Å². The molecule has 1 nitrogen and oxygen atoms in total. The Balaban J connectivity index is 0. The summed E-state index contributed by atoms with van der Waals surface area (Å²) in [5.74, 6) is 0. The summed E-state index contributed by atoms with van der Waals surface area (Å²) in [5, 5.41) is 0.342. The zero-order valence-corrected chi connectivity index (χ0v) is 13.0. The van der Waals surface area contributed by atoms with Gasteiger partial charge in [-0.15, -0.1) is 0 Å². The zero-order valence-electron chi connectivity index (χ0n) is 12.0. The maximum atomic E-state index is 6.13. The summed E-state index contributed by atoms with van der Waals surface area (Å²) in [7, 11) is -1.50. The third kappa shape index (κ3) is 7.45. The highest BCUT2D eigenvalue weighted by molar-refractivity contribution is 6.74. The van der Waals surface area contributed by atoms with Crippen LogP contribution in [0.3, 0.4) is 0 Å². The predicted octanol–water partition coefficient (Wildman–Crippen LogP) is 5.47. The summed E-state index contributed by atoms with van der Waals surface area (Å²) in [6.45, 7) is 19.3. The van der Waals surface area contributed by atoms with E-state index in [9.17, 15) is 0 Å². The number of hydrogen-bond acceptors (Lipinski definition) is 1. The van der Waals surface area contributed by atoms with E-state index in [4.69, 9.17) is 4.43 Å². The molecule has 100 valence electrons. The number of rotatable bonds is 4. The van der Waals surface area contributed by atoms with Gasteiger partial charge in [0.05, 0.1) is 0 Å². The molecule has 0 spiro atoms. The van der Waals surface area contributed by atoms with Crippen LogP contribution < -0.4 is 0 Å². The predicted molar refractivity (Wildman–Crippen MR) is 78.6 cm³/mol. The van der Waals surface area contributed by atoms with E-state index in [0.717, 1.165) is 6.61 Å². The molecule has 0 radical (unpaired) electrons. The molecule has 0 aliphatic carbocycles. The van der Waals surface area contributed by atoms with Crippen LogP contribution in [0.15, 0.2) is 0 Å². The molecule has 0 atom stereocenters. The van der Waals surface area contributed by atoms with Crippen molar-refractivity contribution in [3.63, 3.8) is 0 Å². The molecule has 0 unspecified atom stereocenters. The molecular weight excluding hydrogens is 212 g/mol. The molecule has 0 amide bonds. The first-order valence-electron chi connectivity index (χ1n) is 6.10. The molecule has 0 fully saturated rings. The van der Waals surface area contributed by atoms with Crippen LogP contribution in [0.2, 0.25) is 18.1 Å². The van der Waals surface area contributed by atoms with Gasteiger partial charge in [0.2, 0.25) is 0 Å². The normalized spacial score (nSPS) is 13.5. The van der Waals surface area contributed by atoms with Gasteiger partial charge in [-0.1, -0.05) is 49.0 Å². The highest BCUT2D eigenvalue weighted by Gasteiger charge is 2.36. The fourth-order valence-electron chi connectivity index (χ4n) is 1.15. The standard InChI is InChI=1S/C13H30OSi.CH4/c1-12(2,3)10-9-11-14-15(7,8)13(4,5)6;/h9-11H2,1-8H3;1H4. The monoisotopic (exact) mass is 246 g/mol. The molecule has 0 aromatic carbocycles. The minimum atomic E-state index is -1.50. The molecule has 0 saturated heterocycles. The van der Waals surface area contributed by atoms with Crippen molar-refractivity contribution in [3.05, 3.63) is 0 Å². The molecule has 0 aromatic heterocycles. The first-order chi connectivity index (χ1) is 6.46. The summed E-state index contributed by atoms with van der Waals surface area (Å²) < 4.78 is 6.13. The molecule has 0 N–H and O–H groups in total. The molecule has 2 heteroatoms. The lowest BCUT2D eigenvalue weighted by atomic mass is 9.91. The van der Waals surface area contributed by atoms with Crippen LogP contribution in [0.25, 0.3) is 0 Å². The van der Waals surface area contributed by atoms with Gasteiger partial charge in [-0.3, -0.25) is 0 Å². The highest BCUT2D eigenvalue weighted by atomic mass is 28.4. The Labute approximate surface area is 105 Å². The summed E-state index contributed by atoms with van der Waals surface area (Å²) in [6.07, 6.45) is 2.44. The zero-order chi connectivity index (χ0) is 12.3. The SMILES string of the molecule is C.CC(C)(C)CCCO[Si](C)(C)C(C)(C)C. The number of hydrogen-bond donors (Lipinski definition) is 0. The van der Waals surface area contributed by atoms with Gasteiger partial charge >= 0.3 is 0 Å². The maximum absolute atomic E-state index is 6.13. The first kappa shape index (κ1) is 18.5. The molecule has 0 bridgehead atoms. The molecule has 0 aromatic rings. The highest BCUT2D eigenvalue weighted by Crippen LogP contribution is 2.36. The Kier molecular flexibility index (Phi) is 7.19. The van der Waals surface area contributed by atoms with Gasteiger partial charge in [0.1, 0.15) is 0 Å². The van der Waals surface area contributed by atoms with E-state index in [2.05, 4.69) is 54.6 Å². The van der Waals surface area contributed by atoms with Gasteiger partial charge in [0, 0.05) is 6.61 Å². The van der Waals surface area contributed by atoms with Gasteiger partial charge in [-0.2, -0.15) is 0 Å². The second kappa shape index (κ2) is 6.20. The van der Waals surface area contributed by atoms with Gasteiger partial charge in [0.15, 0.2) is 8.32 Å². The van der Waals surface area contributed by atoms with Crippen LogP contribution in [0.4, 0.5) is 0 Å². The van der Waals surface area contributed by atoms with Crippen molar-refractivity contribution in [2.75, 3.05) is 6.61 Å². The minimum absolute atomic E-state index is 0. The van der Waals surface area contributed by atoms with Crippen molar-refractivity contribution >= 4 is 8.32 Å². The van der Waals surface area contributed by atoms with E-state index in [1.807, 2.05) is 0 Å². The fraction of sp³-hybridized carbons (Fsp3) is 1.00. The molecule has 0 heterocycles. The summed E-state index contributed by atoms with van der Waals surface area (Å²) in [4.78, 5) is 0. The molecule has 0 rings (SSSR count). The van der Waals surface area contributed by atoms with E-state index >= 15 is 0 Å². The van der Waals surface area contributed by atoms with Crippen molar-refractivity contribution in [2.24, 2.45) is 5.41 Å². The van der Waals surface area contributed by atoms with Crippen LogP contribution in [-0.2, 0) is 4.43 Å². The molecule has 0 aliphatic rings. The van der Waals surface area contributed by atoms with Crippen LogP contribution in [0, 0.1) is 5.41 Å². The van der Waals surface area contributed by atoms with Gasteiger partial charge in [-0.05, 0) is 36.4 Å². The maximum Gasteiger partial charge on any atom is 0.191 e. The lowest BCUT2D eigenvalue weighted by Gasteiger charge is -2.36. The second-order valence-electron chi connectivity index (χ2n) is 7.27. The van der Waals surface area contributed by atoms with Crippen molar-refractivity contribution in [3.8, 4) is 0 Å². The van der Waals surface area contributed by atoms with Crippen LogP contribution >= 0.6 is 0 Å². The Hall–Kier alpha value is 0.177. The van der Waals surface area contributed by atoms with Gasteiger partial charge in [0.25, 0.3) is 0 Å². The Bertz CT molecular complexity index is 184. The smallest absolute Gasteiger partial charge is 0.191 e. The Morgan fingerprint density at radius 3 is 1.69 bits per heavy atom. The van der Waals surface area contributed by atoms with E-state index in [1.54, 1.807) is 0 Å². The third-order valence-electron chi connectivity index (χ3n) is 3.34. The summed E-state index contributed by atoms with van der Waals surface area (Å²) in [6, 6.07) is 0. The second-order valence-corrected chi connectivity index (χ2v) is 12.1. The van der Waals surface area contributed by atoms with Crippen molar-refractivity contribution in [1.29, 1.82) is 0 Å². The van der Waals surface area contributed by atoms with Crippen molar-refractivity contribution in [2.45, 2.75) is 79.9 Å². The van der Waals surface area contributed by atoms with Crippen LogP contribution in [-0.4, -0.2) is 14.9 Å². The molecule has 0 aliphatic heterocycles. The quantitative estimate of drug-likeness (QED) is 0.472. The van der Waals surface area contributed by atoms with E-state index in [1.165, 1.54) is 12.8 Å². The first-order valence-corrected chi connectivity index (χ1v) is 9.00. The topological polar surface area (TPSA) is 9.23 Å². The molecular formula is C14H34OSi. The van der Waals surface area contributed by atoms with Gasteiger partial charge < -0.3 is 4.43 Å². The molecule has 16 heavy (non-hydrogen) atoms. The van der Waals surface area contributed by atoms with Crippen LogP contribution in [0.1, 0.15) is 61.8 Å². The van der Waals surface area contributed by atoms with Gasteiger partial charge in [-0.25, -0.2) is 0 Å². The average Bonchev–Trinajstić information content (AvgIpc) is 1.94. The third-order valence-corrected chi connectivity index (χ3v) is 7.88. The fourth-order valence-corrected chi connectivity index (χ4v) is 2.23. The van der Waals surface area contributed by atoms with Crippen LogP contribution in [0.5, 0.6) is 0 Å². The lowest BCUT2D eigenvalue weighted by molar-refractivity contribution is 0.250. The Morgan fingerprint density at radius 1 is 0.938 bits per heavy atom. The molecule has 0 saturated carbocycles. The average molecular weight is 247 g/mol. The van der Waals surface area contributed by atoms with E-state index < -0.39 is 8.32 Å². The van der Waals surface area contributed by atoms with E-state index in [-0.39, 0.29) is 7.43 Å². The summed E-state index contributed by atoms with van der Waals surface area (Å²) >= 11 is 0. The summed E-state index contributed by atoms with van der Waals surface area (Å²) in [5.41, 5.74) is 0.441. The Morgan fingerprint density at radius 2 is 1.38 bits per heavy atom.